The van der Waals surface area contributed by atoms with Crippen molar-refractivity contribution in [3.63, 3.8) is 0 Å². The standard InChI is InChI=1S/C31H46O7/c1-20-15-22(17-25(28(20)34)30(3,4)5)24(19-27(33)38-14-13-37-12-11-36-10-9-32)23-16-21(2)29(35)26(18-23)31(6,7)8/h15-18,24,32,34-35H,9-14,19H2,1-8H3. The second kappa shape index (κ2) is 13.5. The Morgan fingerprint density at radius 1 is 0.737 bits per heavy atom. The Labute approximate surface area is 227 Å². The van der Waals surface area contributed by atoms with Crippen LogP contribution in [-0.4, -0.2) is 60.9 Å². The van der Waals surface area contributed by atoms with Crippen molar-refractivity contribution in [2.24, 2.45) is 0 Å². The number of aliphatic hydroxyl groups is 1. The van der Waals surface area contributed by atoms with Gasteiger partial charge in [0.25, 0.3) is 0 Å². The van der Waals surface area contributed by atoms with Crippen molar-refractivity contribution in [1.82, 2.24) is 0 Å². The number of phenols is 2. The first-order valence-corrected chi connectivity index (χ1v) is 13.3. The predicted octanol–water partition coefficient (Wildman–Crippen LogP) is 5.40. The van der Waals surface area contributed by atoms with Crippen LogP contribution in [0.15, 0.2) is 24.3 Å². The van der Waals surface area contributed by atoms with Crippen LogP contribution in [0.5, 0.6) is 11.5 Å². The van der Waals surface area contributed by atoms with E-state index in [9.17, 15) is 15.0 Å². The molecular formula is C31H46O7. The summed E-state index contributed by atoms with van der Waals surface area (Å²) in [5.41, 5.74) is 4.34. The molecule has 2 rings (SSSR count). The number of rotatable bonds is 12. The normalized spacial score (nSPS) is 12.3. The van der Waals surface area contributed by atoms with Gasteiger partial charge in [0.15, 0.2) is 0 Å². The largest absolute Gasteiger partial charge is 0.507 e. The molecule has 0 aromatic heterocycles. The highest BCUT2D eigenvalue weighted by atomic mass is 16.6. The molecule has 0 atom stereocenters. The summed E-state index contributed by atoms with van der Waals surface area (Å²) in [6.45, 7) is 17.3. The Hall–Kier alpha value is -2.61. The van der Waals surface area contributed by atoms with E-state index in [4.69, 9.17) is 19.3 Å². The predicted molar refractivity (Wildman–Crippen MR) is 149 cm³/mol. The average molecular weight is 531 g/mol. The number of hydrogen-bond acceptors (Lipinski definition) is 7. The number of aryl methyl sites for hydroxylation is 2. The Bertz CT molecular complexity index is 1010. The van der Waals surface area contributed by atoms with E-state index in [2.05, 4.69) is 0 Å². The number of carbonyl (C=O) groups excluding carboxylic acids is 1. The molecule has 7 nitrogen and oxygen atoms in total. The molecule has 0 aliphatic carbocycles. The van der Waals surface area contributed by atoms with Crippen LogP contribution in [0.25, 0.3) is 0 Å². The summed E-state index contributed by atoms with van der Waals surface area (Å²) in [5, 5.41) is 30.3. The quantitative estimate of drug-likeness (QED) is 0.249. The van der Waals surface area contributed by atoms with E-state index in [1.54, 1.807) is 0 Å². The Morgan fingerprint density at radius 2 is 1.16 bits per heavy atom. The number of carbonyl (C=O) groups is 1. The Balaban J connectivity index is 2.37. The first kappa shape index (κ1) is 31.6. The van der Waals surface area contributed by atoms with Gasteiger partial charge in [0, 0.05) is 5.92 Å². The molecule has 0 spiro atoms. The third-order valence-corrected chi connectivity index (χ3v) is 6.54. The zero-order valence-corrected chi connectivity index (χ0v) is 24.3. The van der Waals surface area contributed by atoms with Crippen molar-refractivity contribution in [2.75, 3.05) is 39.6 Å². The fourth-order valence-electron chi connectivity index (χ4n) is 4.42. The van der Waals surface area contributed by atoms with Gasteiger partial charge >= 0.3 is 5.97 Å². The van der Waals surface area contributed by atoms with Crippen LogP contribution in [0.2, 0.25) is 0 Å². The maximum Gasteiger partial charge on any atom is 0.306 e. The van der Waals surface area contributed by atoms with E-state index in [1.807, 2.05) is 79.7 Å². The minimum atomic E-state index is -0.360. The van der Waals surface area contributed by atoms with Crippen molar-refractivity contribution >= 4 is 5.97 Å². The van der Waals surface area contributed by atoms with Gasteiger partial charge in [-0.15, -0.1) is 0 Å². The van der Waals surface area contributed by atoms with Gasteiger partial charge in [-0.1, -0.05) is 65.8 Å². The number of aliphatic hydroxyl groups excluding tert-OH is 1. The van der Waals surface area contributed by atoms with Crippen molar-refractivity contribution < 1.29 is 34.3 Å². The lowest BCUT2D eigenvalue weighted by atomic mass is 9.78. The van der Waals surface area contributed by atoms with Gasteiger partial charge in [0.05, 0.1) is 39.5 Å². The number of aromatic hydroxyl groups is 2. The van der Waals surface area contributed by atoms with Crippen molar-refractivity contribution in [1.29, 1.82) is 0 Å². The highest BCUT2D eigenvalue weighted by Gasteiger charge is 2.28. The van der Waals surface area contributed by atoms with Gasteiger partial charge in [0.2, 0.25) is 0 Å². The maximum absolute atomic E-state index is 13.0. The molecule has 38 heavy (non-hydrogen) atoms. The molecule has 3 N–H and O–H groups in total. The molecule has 0 heterocycles. The summed E-state index contributed by atoms with van der Waals surface area (Å²) in [6.07, 6.45) is 0.0984. The molecule has 0 saturated carbocycles. The van der Waals surface area contributed by atoms with Crippen molar-refractivity contribution in [3.8, 4) is 11.5 Å². The average Bonchev–Trinajstić information content (AvgIpc) is 2.81. The summed E-state index contributed by atoms with van der Waals surface area (Å²) >= 11 is 0. The number of phenolic OH excluding ortho intramolecular Hbond substituents is 2. The first-order chi connectivity index (χ1) is 17.7. The maximum atomic E-state index is 13.0. The number of ether oxygens (including phenoxy) is 3. The molecular weight excluding hydrogens is 484 g/mol. The molecule has 7 heteroatoms. The van der Waals surface area contributed by atoms with Crippen LogP contribution < -0.4 is 0 Å². The highest BCUT2D eigenvalue weighted by Crippen LogP contribution is 2.41. The molecule has 0 amide bonds. The van der Waals surface area contributed by atoms with Crippen LogP contribution in [0.3, 0.4) is 0 Å². The molecule has 2 aromatic rings. The molecule has 0 radical (unpaired) electrons. The monoisotopic (exact) mass is 530 g/mol. The van der Waals surface area contributed by atoms with Crippen molar-refractivity contribution in [3.05, 3.63) is 57.6 Å². The second-order valence-corrected chi connectivity index (χ2v) is 11.9. The van der Waals surface area contributed by atoms with Gasteiger partial charge in [-0.3, -0.25) is 4.79 Å². The zero-order valence-electron chi connectivity index (χ0n) is 24.3. The van der Waals surface area contributed by atoms with E-state index >= 15 is 0 Å². The van der Waals surface area contributed by atoms with Gasteiger partial charge < -0.3 is 29.5 Å². The van der Waals surface area contributed by atoms with E-state index in [0.717, 1.165) is 33.4 Å². The Kier molecular flexibility index (Phi) is 11.2. The van der Waals surface area contributed by atoms with Gasteiger partial charge in [-0.2, -0.15) is 0 Å². The minimum absolute atomic E-state index is 0.0334. The van der Waals surface area contributed by atoms with E-state index in [0.29, 0.717) is 13.2 Å². The SMILES string of the molecule is Cc1cc(C(CC(=O)OCCOCCOCCO)c2cc(C)c(O)c(C(C)(C)C)c2)cc(C(C)(C)C)c1O. The topological polar surface area (TPSA) is 105 Å². The summed E-state index contributed by atoms with van der Waals surface area (Å²) < 4.78 is 16.1. The zero-order chi connectivity index (χ0) is 28.7. The lowest BCUT2D eigenvalue weighted by Crippen LogP contribution is -2.18. The van der Waals surface area contributed by atoms with Crippen LogP contribution in [0.1, 0.15) is 87.3 Å². The molecule has 2 aromatic carbocycles. The van der Waals surface area contributed by atoms with Gasteiger partial charge in [-0.25, -0.2) is 0 Å². The highest BCUT2D eigenvalue weighted by molar-refractivity contribution is 5.72. The van der Waals surface area contributed by atoms with Crippen molar-refractivity contribution in [2.45, 2.75) is 78.6 Å². The van der Waals surface area contributed by atoms with E-state index < -0.39 is 0 Å². The fourth-order valence-corrected chi connectivity index (χ4v) is 4.42. The van der Waals surface area contributed by atoms with E-state index in [-0.39, 0.29) is 67.1 Å². The molecule has 212 valence electrons. The smallest absolute Gasteiger partial charge is 0.306 e. The van der Waals surface area contributed by atoms with Crippen LogP contribution in [-0.2, 0) is 29.8 Å². The third-order valence-electron chi connectivity index (χ3n) is 6.54. The molecule has 0 saturated heterocycles. The molecule has 0 unspecified atom stereocenters. The number of hydrogen-bond donors (Lipinski definition) is 3. The van der Waals surface area contributed by atoms with E-state index in [1.165, 1.54) is 0 Å². The number of esters is 1. The first-order valence-electron chi connectivity index (χ1n) is 13.3. The third kappa shape index (κ3) is 8.72. The van der Waals surface area contributed by atoms with Crippen LogP contribution in [0.4, 0.5) is 0 Å². The minimum Gasteiger partial charge on any atom is -0.507 e. The summed E-state index contributed by atoms with van der Waals surface area (Å²) in [6, 6.07) is 7.82. The summed E-state index contributed by atoms with van der Waals surface area (Å²) in [7, 11) is 0. The fraction of sp³-hybridized carbons (Fsp3) is 0.581. The summed E-state index contributed by atoms with van der Waals surface area (Å²) in [5.74, 6) is -0.169. The summed E-state index contributed by atoms with van der Waals surface area (Å²) in [4.78, 5) is 13.0. The molecule has 0 bridgehead atoms. The molecule has 0 aliphatic heterocycles. The van der Waals surface area contributed by atoms with Crippen LogP contribution in [0, 0.1) is 13.8 Å². The lowest BCUT2D eigenvalue weighted by Gasteiger charge is -2.27. The number of benzene rings is 2. The van der Waals surface area contributed by atoms with Gasteiger partial charge in [-0.05, 0) is 58.1 Å². The lowest BCUT2D eigenvalue weighted by molar-refractivity contribution is -0.145. The van der Waals surface area contributed by atoms with Crippen LogP contribution >= 0.6 is 0 Å². The molecule has 0 aliphatic rings. The van der Waals surface area contributed by atoms with Gasteiger partial charge in [0.1, 0.15) is 18.1 Å². The Morgan fingerprint density at radius 3 is 1.58 bits per heavy atom. The molecule has 0 fully saturated rings. The second-order valence-electron chi connectivity index (χ2n) is 11.9.